The van der Waals surface area contributed by atoms with Gasteiger partial charge in [0, 0.05) is 12.0 Å². The second kappa shape index (κ2) is 5.52. The van der Waals surface area contributed by atoms with Crippen molar-refractivity contribution >= 4 is 5.91 Å². The van der Waals surface area contributed by atoms with Crippen LogP contribution in [0.3, 0.4) is 0 Å². The predicted octanol–water partition coefficient (Wildman–Crippen LogP) is 2.12. The predicted molar refractivity (Wildman–Crippen MR) is 76.0 cm³/mol. The highest BCUT2D eigenvalue weighted by molar-refractivity contribution is 5.82. The number of carbonyl (C=O) groups is 1. The lowest BCUT2D eigenvalue weighted by Gasteiger charge is -2.24. The van der Waals surface area contributed by atoms with E-state index in [1.165, 1.54) is 6.07 Å². The minimum Gasteiger partial charge on any atom is -0.354 e. The zero-order valence-electron chi connectivity index (χ0n) is 11.6. The molecule has 1 aromatic rings. The van der Waals surface area contributed by atoms with Crippen LogP contribution >= 0.6 is 0 Å². The SMILES string of the molecule is O=C(NCC1(c2ccccc2F)CC1)C1CCCCN1. The highest BCUT2D eigenvalue weighted by Crippen LogP contribution is 2.48. The summed E-state index contributed by atoms with van der Waals surface area (Å²) in [6, 6.07) is 6.84. The first-order valence-electron chi connectivity index (χ1n) is 7.47. The lowest BCUT2D eigenvalue weighted by molar-refractivity contribution is -0.123. The quantitative estimate of drug-likeness (QED) is 0.884. The van der Waals surface area contributed by atoms with Crippen molar-refractivity contribution in [3.05, 3.63) is 35.6 Å². The topological polar surface area (TPSA) is 41.1 Å². The Hall–Kier alpha value is -1.42. The molecule has 2 N–H and O–H groups in total. The molecule has 1 saturated carbocycles. The van der Waals surface area contributed by atoms with Crippen LogP contribution in [0.25, 0.3) is 0 Å². The molecule has 0 spiro atoms. The summed E-state index contributed by atoms with van der Waals surface area (Å²) in [6.45, 7) is 1.46. The summed E-state index contributed by atoms with van der Waals surface area (Å²) in [4.78, 5) is 12.1. The third-order valence-electron chi connectivity index (χ3n) is 4.53. The molecule has 1 aliphatic carbocycles. The molecule has 0 bridgehead atoms. The van der Waals surface area contributed by atoms with Crippen molar-refractivity contribution in [2.75, 3.05) is 13.1 Å². The number of amides is 1. The van der Waals surface area contributed by atoms with E-state index in [4.69, 9.17) is 0 Å². The van der Waals surface area contributed by atoms with Crippen LogP contribution in [0.5, 0.6) is 0 Å². The lowest BCUT2D eigenvalue weighted by Crippen LogP contribution is -2.48. The van der Waals surface area contributed by atoms with Gasteiger partial charge >= 0.3 is 0 Å². The summed E-state index contributed by atoms with van der Waals surface area (Å²) in [7, 11) is 0. The molecule has 1 aromatic carbocycles. The van der Waals surface area contributed by atoms with Gasteiger partial charge in [-0.05, 0) is 43.9 Å². The third-order valence-corrected chi connectivity index (χ3v) is 4.53. The first-order chi connectivity index (χ1) is 9.71. The van der Waals surface area contributed by atoms with E-state index < -0.39 is 0 Å². The Labute approximate surface area is 118 Å². The molecule has 1 unspecified atom stereocenters. The maximum Gasteiger partial charge on any atom is 0.237 e. The molecule has 1 aliphatic heterocycles. The molecule has 3 rings (SSSR count). The number of rotatable bonds is 4. The Balaban J connectivity index is 1.60. The Morgan fingerprint density at radius 1 is 1.35 bits per heavy atom. The highest BCUT2D eigenvalue weighted by atomic mass is 19.1. The number of hydrogen-bond donors (Lipinski definition) is 2. The van der Waals surface area contributed by atoms with Crippen molar-refractivity contribution in [2.24, 2.45) is 0 Å². The van der Waals surface area contributed by atoms with Gasteiger partial charge in [-0.1, -0.05) is 24.6 Å². The minimum atomic E-state index is -0.171. The number of carbonyl (C=O) groups excluding carboxylic acids is 1. The van der Waals surface area contributed by atoms with Gasteiger partial charge in [0.15, 0.2) is 0 Å². The highest BCUT2D eigenvalue weighted by Gasteiger charge is 2.46. The van der Waals surface area contributed by atoms with Crippen LogP contribution < -0.4 is 10.6 Å². The van der Waals surface area contributed by atoms with Crippen molar-refractivity contribution in [3.8, 4) is 0 Å². The first kappa shape index (κ1) is 13.6. The molecule has 4 heteroatoms. The van der Waals surface area contributed by atoms with Crippen molar-refractivity contribution in [1.82, 2.24) is 10.6 Å². The number of halogens is 1. The van der Waals surface area contributed by atoms with Crippen LogP contribution in [0.4, 0.5) is 4.39 Å². The maximum atomic E-state index is 13.9. The molecule has 20 heavy (non-hydrogen) atoms. The van der Waals surface area contributed by atoms with Gasteiger partial charge in [0.2, 0.25) is 5.91 Å². The summed E-state index contributed by atoms with van der Waals surface area (Å²) in [6.07, 6.45) is 5.05. The zero-order chi connectivity index (χ0) is 14.0. The van der Waals surface area contributed by atoms with Crippen LogP contribution in [0.15, 0.2) is 24.3 Å². The van der Waals surface area contributed by atoms with Gasteiger partial charge in [-0.2, -0.15) is 0 Å². The van der Waals surface area contributed by atoms with E-state index in [0.717, 1.165) is 44.2 Å². The van der Waals surface area contributed by atoms with Crippen molar-refractivity contribution < 1.29 is 9.18 Å². The van der Waals surface area contributed by atoms with Crippen LogP contribution in [-0.4, -0.2) is 25.0 Å². The maximum absolute atomic E-state index is 13.9. The van der Waals surface area contributed by atoms with Gasteiger partial charge < -0.3 is 10.6 Å². The van der Waals surface area contributed by atoms with E-state index in [-0.39, 0.29) is 23.2 Å². The molecule has 3 nitrogen and oxygen atoms in total. The summed E-state index contributed by atoms with van der Waals surface area (Å²) in [5.74, 6) is -0.0950. The summed E-state index contributed by atoms with van der Waals surface area (Å²) >= 11 is 0. The Kier molecular flexibility index (Phi) is 3.74. The van der Waals surface area contributed by atoms with Crippen LogP contribution in [-0.2, 0) is 10.2 Å². The number of hydrogen-bond acceptors (Lipinski definition) is 2. The second-order valence-electron chi connectivity index (χ2n) is 5.98. The van der Waals surface area contributed by atoms with E-state index in [9.17, 15) is 9.18 Å². The van der Waals surface area contributed by atoms with Crippen molar-refractivity contribution in [2.45, 2.75) is 43.6 Å². The molecule has 0 radical (unpaired) electrons. The molecule has 1 amide bonds. The minimum absolute atomic E-state index is 0.0623. The summed E-state index contributed by atoms with van der Waals surface area (Å²) in [5, 5.41) is 6.25. The molecule has 1 heterocycles. The van der Waals surface area contributed by atoms with Crippen LogP contribution in [0.1, 0.15) is 37.7 Å². The van der Waals surface area contributed by atoms with Gasteiger partial charge in [-0.3, -0.25) is 4.79 Å². The Morgan fingerprint density at radius 3 is 2.80 bits per heavy atom. The van der Waals surface area contributed by atoms with Gasteiger partial charge in [0.25, 0.3) is 0 Å². The molecule has 0 aromatic heterocycles. The largest absolute Gasteiger partial charge is 0.354 e. The summed E-state index contributed by atoms with van der Waals surface area (Å²) < 4.78 is 13.9. The van der Waals surface area contributed by atoms with Crippen LogP contribution in [0, 0.1) is 5.82 Å². The van der Waals surface area contributed by atoms with Crippen molar-refractivity contribution in [1.29, 1.82) is 0 Å². The van der Waals surface area contributed by atoms with Gasteiger partial charge in [0.05, 0.1) is 6.04 Å². The van der Waals surface area contributed by atoms with E-state index in [2.05, 4.69) is 10.6 Å². The van der Waals surface area contributed by atoms with E-state index in [0.29, 0.717) is 6.54 Å². The van der Waals surface area contributed by atoms with Gasteiger partial charge in [0.1, 0.15) is 5.82 Å². The standard InChI is InChI=1S/C16H21FN2O/c17-13-6-2-1-5-12(13)16(8-9-16)11-19-15(20)14-7-3-4-10-18-14/h1-2,5-6,14,18H,3-4,7-11H2,(H,19,20). The van der Waals surface area contributed by atoms with E-state index in [1.807, 2.05) is 12.1 Å². The van der Waals surface area contributed by atoms with E-state index >= 15 is 0 Å². The second-order valence-corrected chi connectivity index (χ2v) is 5.98. The Bertz CT molecular complexity index is 493. The normalized spacial score (nSPS) is 24.1. The molecule has 2 aliphatic rings. The summed E-state index contributed by atoms with van der Waals surface area (Å²) in [5.41, 5.74) is 0.576. The van der Waals surface area contributed by atoms with Gasteiger partial charge in [-0.15, -0.1) is 0 Å². The average Bonchev–Trinajstić information content (AvgIpc) is 3.27. The fraction of sp³-hybridized carbons (Fsp3) is 0.562. The van der Waals surface area contributed by atoms with Crippen LogP contribution in [0.2, 0.25) is 0 Å². The average molecular weight is 276 g/mol. The van der Waals surface area contributed by atoms with E-state index in [1.54, 1.807) is 6.07 Å². The molecule has 1 saturated heterocycles. The fourth-order valence-electron chi connectivity index (χ4n) is 3.04. The molecular formula is C16H21FN2O. The molecule has 1 atom stereocenters. The van der Waals surface area contributed by atoms with Gasteiger partial charge in [-0.25, -0.2) is 4.39 Å². The zero-order valence-corrected chi connectivity index (χ0v) is 11.6. The number of nitrogens with one attached hydrogen (secondary N) is 2. The molecule has 2 fully saturated rings. The smallest absolute Gasteiger partial charge is 0.237 e. The lowest BCUT2D eigenvalue weighted by atomic mass is 9.95. The first-order valence-corrected chi connectivity index (χ1v) is 7.47. The van der Waals surface area contributed by atoms with Crippen molar-refractivity contribution in [3.63, 3.8) is 0 Å². The number of benzene rings is 1. The fourth-order valence-corrected chi connectivity index (χ4v) is 3.04. The third kappa shape index (κ3) is 2.70. The monoisotopic (exact) mass is 276 g/mol. The molecule has 108 valence electrons. The Morgan fingerprint density at radius 2 is 2.15 bits per heavy atom. The number of piperidine rings is 1. The molecular weight excluding hydrogens is 255 g/mol.